The number of hydrogen-bond donors (Lipinski definition) is 1. The number of aryl methyl sites for hydroxylation is 2. The standard InChI is InChI=1S/C12H14BrClN2OS/c1-3-8-12(14)9(16(2)15-8)5-10(17)11-4-7(13)6-18-11/h4,6,10,17H,3,5H2,1-2H3. The predicted octanol–water partition coefficient (Wildman–Crippen LogP) is 3.74. The molecule has 0 aromatic carbocycles. The molecule has 1 atom stereocenters. The van der Waals surface area contributed by atoms with Crippen LogP contribution in [-0.4, -0.2) is 14.9 Å². The molecule has 0 aliphatic carbocycles. The summed E-state index contributed by atoms with van der Waals surface area (Å²) in [5, 5.41) is 17.2. The smallest absolute Gasteiger partial charge is 0.0938 e. The molecule has 2 heterocycles. The topological polar surface area (TPSA) is 38.0 Å². The molecule has 0 aliphatic heterocycles. The van der Waals surface area contributed by atoms with E-state index in [-0.39, 0.29) is 0 Å². The molecule has 3 nitrogen and oxygen atoms in total. The van der Waals surface area contributed by atoms with E-state index in [0.29, 0.717) is 11.4 Å². The van der Waals surface area contributed by atoms with Crippen LogP contribution in [0.1, 0.15) is 29.3 Å². The van der Waals surface area contributed by atoms with Crippen LogP contribution in [0.2, 0.25) is 5.02 Å². The van der Waals surface area contributed by atoms with E-state index in [1.165, 1.54) is 11.3 Å². The fourth-order valence-corrected chi connectivity index (χ4v) is 3.63. The van der Waals surface area contributed by atoms with Crippen molar-refractivity contribution >= 4 is 38.9 Å². The number of halogens is 2. The van der Waals surface area contributed by atoms with E-state index in [1.807, 2.05) is 25.4 Å². The van der Waals surface area contributed by atoms with Gasteiger partial charge in [0, 0.05) is 28.2 Å². The van der Waals surface area contributed by atoms with Crippen LogP contribution in [0, 0.1) is 0 Å². The lowest BCUT2D eigenvalue weighted by molar-refractivity contribution is 0.179. The van der Waals surface area contributed by atoms with Crippen LogP contribution in [-0.2, 0) is 19.9 Å². The summed E-state index contributed by atoms with van der Waals surface area (Å²) in [4.78, 5) is 0.928. The van der Waals surface area contributed by atoms with Crippen molar-refractivity contribution in [1.82, 2.24) is 9.78 Å². The maximum Gasteiger partial charge on any atom is 0.0938 e. The Bertz CT molecular complexity index is 552. The summed E-state index contributed by atoms with van der Waals surface area (Å²) in [6, 6.07) is 1.93. The summed E-state index contributed by atoms with van der Waals surface area (Å²) in [7, 11) is 1.86. The van der Waals surface area contributed by atoms with Gasteiger partial charge in [0.2, 0.25) is 0 Å². The molecule has 2 aromatic heterocycles. The van der Waals surface area contributed by atoms with Crippen LogP contribution >= 0.6 is 38.9 Å². The average molecular weight is 350 g/mol. The first-order valence-electron chi connectivity index (χ1n) is 5.65. The van der Waals surface area contributed by atoms with E-state index in [4.69, 9.17) is 11.6 Å². The van der Waals surface area contributed by atoms with Crippen molar-refractivity contribution in [1.29, 1.82) is 0 Å². The van der Waals surface area contributed by atoms with Crippen LogP contribution in [0.5, 0.6) is 0 Å². The zero-order valence-corrected chi connectivity index (χ0v) is 13.3. The van der Waals surface area contributed by atoms with Gasteiger partial charge in [-0.05, 0) is 28.4 Å². The lowest BCUT2D eigenvalue weighted by atomic mass is 10.1. The minimum absolute atomic E-state index is 0.481. The van der Waals surface area contributed by atoms with E-state index in [0.717, 1.165) is 27.2 Å². The van der Waals surface area contributed by atoms with E-state index in [2.05, 4.69) is 21.0 Å². The molecule has 0 saturated carbocycles. The molecule has 0 saturated heterocycles. The zero-order valence-electron chi connectivity index (χ0n) is 10.2. The van der Waals surface area contributed by atoms with Crippen LogP contribution < -0.4 is 0 Å². The Hall–Kier alpha value is -0.360. The number of hydrogen-bond acceptors (Lipinski definition) is 3. The number of aromatic nitrogens is 2. The van der Waals surface area contributed by atoms with Crippen LogP contribution in [0.15, 0.2) is 15.9 Å². The number of aliphatic hydroxyl groups excluding tert-OH is 1. The Morgan fingerprint density at radius 1 is 1.61 bits per heavy atom. The van der Waals surface area contributed by atoms with Gasteiger partial charge >= 0.3 is 0 Å². The second kappa shape index (κ2) is 5.74. The van der Waals surface area contributed by atoms with Gasteiger partial charge in [-0.3, -0.25) is 4.68 Å². The SMILES string of the molecule is CCc1nn(C)c(CC(O)c2cc(Br)cs2)c1Cl. The predicted molar refractivity (Wildman–Crippen MR) is 78.3 cm³/mol. The van der Waals surface area contributed by atoms with E-state index in [9.17, 15) is 5.11 Å². The highest BCUT2D eigenvalue weighted by molar-refractivity contribution is 9.10. The molecule has 6 heteroatoms. The monoisotopic (exact) mass is 348 g/mol. The highest BCUT2D eigenvalue weighted by Gasteiger charge is 2.18. The minimum Gasteiger partial charge on any atom is -0.387 e. The summed E-state index contributed by atoms with van der Waals surface area (Å²) in [5.74, 6) is 0. The molecular formula is C12H14BrClN2OS. The molecule has 2 rings (SSSR count). The second-order valence-corrected chi connectivity index (χ2v) is 6.31. The van der Waals surface area contributed by atoms with Crippen molar-refractivity contribution in [2.24, 2.45) is 7.05 Å². The summed E-state index contributed by atoms with van der Waals surface area (Å²) in [5.41, 5.74) is 1.76. The van der Waals surface area contributed by atoms with Gasteiger partial charge in [0.15, 0.2) is 0 Å². The van der Waals surface area contributed by atoms with E-state index < -0.39 is 6.10 Å². The van der Waals surface area contributed by atoms with Crippen molar-refractivity contribution in [3.63, 3.8) is 0 Å². The zero-order chi connectivity index (χ0) is 13.3. The molecule has 0 radical (unpaired) electrons. The molecule has 0 amide bonds. The molecule has 0 spiro atoms. The van der Waals surface area contributed by atoms with E-state index in [1.54, 1.807) is 4.68 Å². The third-order valence-electron chi connectivity index (χ3n) is 2.81. The van der Waals surface area contributed by atoms with Crippen molar-refractivity contribution in [3.8, 4) is 0 Å². The maximum atomic E-state index is 10.2. The van der Waals surface area contributed by atoms with Crippen LogP contribution in [0.25, 0.3) is 0 Å². The highest BCUT2D eigenvalue weighted by atomic mass is 79.9. The molecule has 0 fully saturated rings. The third-order valence-corrected chi connectivity index (χ3v) is 5.04. The van der Waals surface area contributed by atoms with Crippen LogP contribution in [0.3, 0.4) is 0 Å². The maximum absolute atomic E-state index is 10.2. The number of aliphatic hydroxyl groups is 1. The Morgan fingerprint density at radius 2 is 2.33 bits per heavy atom. The van der Waals surface area contributed by atoms with Crippen molar-refractivity contribution in [2.45, 2.75) is 25.9 Å². The first kappa shape index (κ1) is 14.1. The summed E-state index contributed by atoms with van der Waals surface area (Å²) < 4.78 is 2.75. The molecule has 98 valence electrons. The lowest BCUT2D eigenvalue weighted by Gasteiger charge is -2.09. The van der Waals surface area contributed by atoms with Crippen molar-refractivity contribution in [3.05, 3.63) is 37.2 Å². The average Bonchev–Trinajstić information content (AvgIpc) is 2.87. The van der Waals surface area contributed by atoms with Gasteiger partial charge < -0.3 is 5.11 Å². The molecular weight excluding hydrogens is 336 g/mol. The number of thiophene rings is 1. The first-order chi connectivity index (χ1) is 8.52. The number of rotatable bonds is 4. The second-order valence-electron chi connectivity index (χ2n) is 4.07. The van der Waals surface area contributed by atoms with Gasteiger partial charge in [-0.15, -0.1) is 11.3 Å². The number of nitrogens with zero attached hydrogens (tertiary/aromatic N) is 2. The minimum atomic E-state index is -0.543. The quantitative estimate of drug-likeness (QED) is 0.913. The van der Waals surface area contributed by atoms with Crippen molar-refractivity contribution in [2.75, 3.05) is 0 Å². The van der Waals surface area contributed by atoms with Gasteiger partial charge in [-0.2, -0.15) is 5.10 Å². The molecule has 2 aromatic rings. The normalized spacial score (nSPS) is 12.9. The Labute approximate surface area is 124 Å². The molecule has 0 bridgehead atoms. The molecule has 1 N–H and O–H groups in total. The molecule has 1 unspecified atom stereocenters. The largest absolute Gasteiger partial charge is 0.387 e. The molecule has 0 aliphatic rings. The van der Waals surface area contributed by atoms with Gasteiger partial charge in [0.1, 0.15) is 0 Å². The summed E-state index contributed by atoms with van der Waals surface area (Å²) in [6.45, 7) is 2.02. The van der Waals surface area contributed by atoms with Gasteiger partial charge in [-0.25, -0.2) is 0 Å². The fraction of sp³-hybridized carbons (Fsp3) is 0.417. The van der Waals surface area contributed by atoms with Crippen molar-refractivity contribution < 1.29 is 5.11 Å². The molecule has 18 heavy (non-hydrogen) atoms. The summed E-state index contributed by atoms with van der Waals surface area (Å²) >= 11 is 11.2. The Balaban J connectivity index is 2.21. The lowest BCUT2D eigenvalue weighted by Crippen LogP contribution is -2.05. The Morgan fingerprint density at radius 3 is 2.83 bits per heavy atom. The third kappa shape index (κ3) is 2.79. The van der Waals surface area contributed by atoms with E-state index >= 15 is 0 Å². The highest BCUT2D eigenvalue weighted by Crippen LogP contribution is 2.30. The first-order valence-corrected chi connectivity index (χ1v) is 7.70. The van der Waals surface area contributed by atoms with Gasteiger partial charge in [0.25, 0.3) is 0 Å². The van der Waals surface area contributed by atoms with Gasteiger partial charge in [0.05, 0.1) is 22.5 Å². The fourth-order valence-electron chi connectivity index (χ4n) is 1.83. The van der Waals surface area contributed by atoms with Gasteiger partial charge in [-0.1, -0.05) is 18.5 Å². The summed E-state index contributed by atoms with van der Waals surface area (Å²) in [6.07, 6.45) is 0.738. The Kier molecular flexibility index (Phi) is 4.48. The van der Waals surface area contributed by atoms with Crippen LogP contribution in [0.4, 0.5) is 0 Å².